The number of nitro benzene ring substituents is 1. The summed E-state index contributed by atoms with van der Waals surface area (Å²) >= 11 is 0. The van der Waals surface area contributed by atoms with Gasteiger partial charge >= 0.3 is 5.97 Å². The first-order valence-electron chi connectivity index (χ1n) is 7.52. The number of amides is 1. The van der Waals surface area contributed by atoms with E-state index in [4.69, 9.17) is 14.2 Å². The molecule has 1 amide bonds. The summed E-state index contributed by atoms with van der Waals surface area (Å²) in [7, 11) is 2.61. The molecule has 0 bridgehead atoms. The van der Waals surface area contributed by atoms with Crippen LogP contribution in [0.2, 0.25) is 0 Å². The smallest absolute Gasteiger partial charge is 0.345 e. The molecule has 142 valence electrons. The number of hydrogen-bond acceptors (Lipinski definition) is 8. The second-order valence-corrected chi connectivity index (χ2v) is 5.15. The van der Waals surface area contributed by atoms with E-state index in [-0.39, 0.29) is 22.8 Å². The van der Waals surface area contributed by atoms with Crippen LogP contribution in [0.15, 0.2) is 36.4 Å². The molecule has 10 nitrogen and oxygen atoms in total. The number of phenolic OH excluding ortho intramolecular Hbond substituents is 1. The number of nitro groups is 1. The average molecular weight is 376 g/mol. The molecule has 27 heavy (non-hydrogen) atoms. The molecule has 2 N–H and O–H groups in total. The lowest BCUT2D eigenvalue weighted by Gasteiger charge is -2.10. The van der Waals surface area contributed by atoms with Crippen LogP contribution in [0.5, 0.6) is 17.2 Å². The zero-order chi connectivity index (χ0) is 20.0. The van der Waals surface area contributed by atoms with Crippen LogP contribution in [0.3, 0.4) is 0 Å². The molecular weight excluding hydrogens is 360 g/mol. The van der Waals surface area contributed by atoms with E-state index in [0.717, 1.165) is 12.1 Å². The summed E-state index contributed by atoms with van der Waals surface area (Å²) < 4.78 is 14.8. The van der Waals surface area contributed by atoms with Gasteiger partial charge in [-0.1, -0.05) is 0 Å². The summed E-state index contributed by atoms with van der Waals surface area (Å²) in [5, 5.41) is 22.8. The number of esters is 1. The zero-order valence-corrected chi connectivity index (χ0v) is 14.4. The highest BCUT2D eigenvalue weighted by molar-refractivity contribution is 5.98. The SMILES string of the molecule is COc1cc(C(=O)OCC(=O)Nc2ccc(O)cc2)c([N+](=O)[O-])cc1OC. The van der Waals surface area contributed by atoms with Gasteiger partial charge < -0.3 is 24.6 Å². The summed E-state index contributed by atoms with van der Waals surface area (Å²) in [6.07, 6.45) is 0. The van der Waals surface area contributed by atoms with Crippen LogP contribution in [0.25, 0.3) is 0 Å². The number of nitrogens with one attached hydrogen (secondary N) is 1. The van der Waals surface area contributed by atoms with Gasteiger partial charge in [-0.2, -0.15) is 0 Å². The third-order valence-corrected chi connectivity index (χ3v) is 3.40. The highest BCUT2D eigenvalue weighted by Crippen LogP contribution is 2.34. The van der Waals surface area contributed by atoms with Gasteiger partial charge in [0.1, 0.15) is 11.3 Å². The number of ether oxygens (including phenoxy) is 3. The molecule has 2 aromatic rings. The molecular formula is C17H16N2O8. The van der Waals surface area contributed by atoms with E-state index < -0.39 is 29.1 Å². The molecule has 0 radical (unpaired) electrons. The minimum atomic E-state index is -1.07. The largest absolute Gasteiger partial charge is 0.508 e. The van der Waals surface area contributed by atoms with E-state index in [2.05, 4.69) is 5.32 Å². The van der Waals surface area contributed by atoms with Crippen LogP contribution in [-0.2, 0) is 9.53 Å². The van der Waals surface area contributed by atoms with Gasteiger partial charge in [0, 0.05) is 11.8 Å². The molecule has 2 aromatic carbocycles. The Morgan fingerprint density at radius 2 is 1.70 bits per heavy atom. The van der Waals surface area contributed by atoms with Crippen molar-refractivity contribution in [3.63, 3.8) is 0 Å². The van der Waals surface area contributed by atoms with Gasteiger partial charge in [0.25, 0.3) is 11.6 Å². The molecule has 0 heterocycles. The third-order valence-electron chi connectivity index (χ3n) is 3.40. The zero-order valence-electron chi connectivity index (χ0n) is 14.4. The van der Waals surface area contributed by atoms with Gasteiger partial charge in [-0.05, 0) is 24.3 Å². The van der Waals surface area contributed by atoms with E-state index in [0.29, 0.717) is 5.69 Å². The molecule has 0 aliphatic heterocycles. The summed E-state index contributed by atoms with van der Waals surface area (Å²) in [5.74, 6) is -1.52. The molecule has 10 heteroatoms. The number of hydrogen-bond donors (Lipinski definition) is 2. The fourth-order valence-corrected chi connectivity index (χ4v) is 2.13. The Morgan fingerprint density at radius 1 is 1.11 bits per heavy atom. The molecule has 2 rings (SSSR count). The van der Waals surface area contributed by atoms with Crippen molar-refractivity contribution < 1.29 is 33.8 Å². The number of anilines is 1. The van der Waals surface area contributed by atoms with Crippen molar-refractivity contribution in [1.82, 2.24) is 0 Å². The molecule has 0 atom stereocenters. The van der Waals surface area contributed by atoms with E-state index >= 15 is 0 Å². The first-order chi connectivity index (χ1) is 12.8. The van der Waals surface area contributed by atoms with Crippen molar-refractivity contribution in [1.29, 1.82) is 0 Å². The first kappa shape index (κ1) is 19.5. The summed E-state index contributed by atoms with van der Waals surface area (Å²) in [6.45, 7) is -0.661. The molecule has 0 spiro atoms. The van der Waals surface area contributed by atoms with Crippen LogP contribution in [0, 0.1) is 10.1 Å². The summed E-state index contributed by atoms with van der Waals surface area (Å²) in [5.41, 5.74) is -0.544. The minimum absolute atomic E-state index is 0.0280. The number of methoxy groups -OCH3 is 2. The monoisotopic (exact) mass is 376 g/mol. The van der Waals surface area contributed by atoms with E-state index in [9.17, 15) is 24.8 Å². The predicted molar refractivity (Wildman–Crippen MR) is 93.2 cm³/mol. The lowest BCUT2D eigenvalue weighted by Crippen LogP contribution is -2.21. The molecule has 0 saturated heterocycles. The quantitative estimate of drug-likeness (QED) is 0.324. The number of carbonyl (C=O) groups excluding carboxylic acids is 2. The number of phenols is 1. The topological polar surface area (TPSA) is 137 Å². The van der Waals surface area contributed by atoms with Crippen molar-refractivity contribution >= 4 is 23.3 Å². The normalized spacial score (nSPS) is 10.0. The summed E-state index contributed by atoms with van der Waals surface area (Å²) in [6, 6.07) is 7.79. The predicted octanol–water partition coefficient (Wildman–Crippen LogP) is 2.11. The van der Waals surface area contributed by atoms with Gasteiger partial charge in [0.2, 0.25) is 0 Å². The van der Waals surface area contributed by atoms with Crippen LogP contribution < -0.4 is 14.8 Å². The number of carbonyl (C=O) groups is 2. The second kappa shape index (κ2) is 8.52. The fraction of sp³-hybridized carbons (Fsp3) is 0.176. The average Bonchev–Trinajstić information content (AvgIpc) is 2.66. The summed E-state index contributed by atoms with van der Waals surface area (Å²) in [4.78, 5) is 34.5. The van der Waals surface area contributed by atoms with E-state index in [1.807, 2.05) is 0 Å². The van der Waals surface area contributed by atoms with Gasteiger partial charge in [0.05, 0.1) is 25.2 Å². The molecule has 0 aliphatic rings. The van der Waals surface area contributed by atoms with Crippen LogP contribution in [0.1, 0.15) is 10.4 Å². The van der Waals surface area contributed by atoms with E-state index in [1.165, 1.54) is 38.5 Å². The fourth-order valence-electron chi connectivity index (χ4n) is 2.13. The van der Waals surface area contributed by atoms with Crippen LogP contribution in [-0.4, -0.2) is 42.7 Å². The minimum Gasteiger partial charge on any atom is -0.508 e. The number of nitrogens with zero attached hydrogens (tertiary/aromatic N) is 1. The standard InChI is InChI=1S/C17H16N2O8/c1-25-14-7-12(13(19(23)24)8-15(14)26-2)17(22)27-9-16(21)18-10-3-5-11(20)6-4-10/h3-8,20H,9H2,1-2H3,(H,18,21). The molecule has 0 saturated carbocycles. The lowest BCUT2D eigenvalue weighted by atomic mass is 10.1. The Bertz CT molecular complexity index is 864. The Balaban J connectivity index is 2.11. The van der Waals surface area contributed by atoms with Crippen LogP contribution in [0.4, 0.5) is 11.4 Å². The molecule has 0 fully saturated rings. The maximum atomic E-state index is 12.2. The highest BCUT2D eigenvalue weighted by Gasteiger charge is 2.26. The maximum Gasteiger partial charge on any atom is 0.345 e. The van der Waals surface area contributed by atoms with Crippen molar-refractivity contribution in [2.24, 2.45) is 0 Å². The second-order valence-electron chi connectivity index (χ2n) is 5.15. The van der Waals surface area contributed by atoms with Crippen molar-refractivity contribution in [2.75, 3.05) is 26.1 Å². The Kier molecular flexibility index (Phi) is 6.15. The first-order valence-corrected chi connectivity index (χ1v) is 7.52. The van der Waals surface area contributed by atoms with Gasteiger partial charge in [-0.25, -0.2) is 4.79 Å². The van der Waals surface area contributed by atoms with Crippen molar-refractivity contribution in [2.45, 2.75) is 0 Å². The van der Waals surface area contributed by atoms with Crippen LogP contribution >= 0.6 is 0 Å². The lowest BCUT2D eigenvalue weighted by molar-refractivity contribution is -0.385. The highest BCUT2D eigenvalue weighted by atomic mass is 16.6. The third kappa shape index (κ3) is 4.84. The number of rotatable bonds is 7. The Labute approximate surface area is 153 Å². The van der Waals surface area contributed by atoms with Crippen molar-refractivity contribution in [3.05, 3.63) is 52.1 Å². The van der Waals surface area contributed by atoms with Gasteiger partial charge in [-0.3, -0.25) is 14.9 Å². The Hall–Kier alpha value is -3.82. The molecule has 0 unspecified atom stereocenters. The number of aromatic hydroxyl groups is 1. The van der Waals surface area contributed by atoms with Crippen molar-refractivity contribution in [3.8, 4) is 17.2 Å². The molecule has 0 aromatic heterocycles. The van der Waals surface area contributed by atoms with Gasteiger partial charge in [-0.15, -0.1) is 0 Å². The van der Waals surface area contributed by atoms with Gasteiger partial charge in [0.15, 0.2) is 18.1 Å². The Morgan fingerprint density at radius 3 is 2.26 bits per heavy atom. The van der Waals surface area contributed by atoms with E-state index in [1.54, 1.807) is 0 Å². The number of benzene rings is 2. The molecule has 0 aliphatic carbocycles. The maximum absolute atomic E-state index is 12.2.